The smallest absolute Gasteiger partial charge is 0.323 e. The molecule has 2 aromatic heterocycles. The van der Waals surface area contributed by atoms with E-state index in [1.54, 1.807) is 18.3 Å². The Labute approximate surface area is 184 Å². The van der Waals surface area contributed by atoms with Gasteiger partial charge in [-0.05, 0) is 48.9 Å². The predicted octanol–water partition coefficient (Wildman–Crippen LogP) is 2.48. The number of aromatic amines is 2. The average molecular weight is 438 g/mol. The van der Waals surface area contributed by atoms with E-state index in [9.17, 15) is 19.5 Å². The van der Waals surface area contributed by atoms with Gasteiger partial charge in [0.25, 0.3) is 11.5 Å². The molecule has 1 saturated carbocycles. The van der Waals surface area contributed by atoms with Crippen molar-refractivity contribution in [2.24, 2.45) is 0 Å². The third-order valence-corrected chi connectivity index (χ3v) is 6.11. The molecule has 4 rings (SSSR count). The summed E-state index contributed by atoms with van der Waals surface area (Å²) < 4.78 is 0. The number of amides is 1. The number of hydrogen-bond acceptors (Lipinski definition) is 5. The lowest BCUT2D eigenvalue weighted by molar-refractivity contribution is -0.138. The number of aryl methyl sites for hydroxylation is 2. The van der Waals surface area contributed by atoms with Crippen molar-refractivity contribution in [2.45, 2.75) is 51.0 Å². The van der Waals surface area contributed by atoms with E-state index in [1.807, 2.05) is 12.1 Å². The first kappa shape index (κ1) is 21.6. The van der Waals surface area contributed by atoms with Gasteiger partial charge in [0.15, 0.2) is 0 Å². The zero-order valence-electron chi connectivity index (χ0n) is 17.8. The van der Waals surface area contributed by atoms with Crippen LogP contribution in [-0.4, -0.2) is 49.4 Å². The topological polar surface area (TPSA) is 145 Å². The average Bonchev–Trinajstić information content (AvgIpc) is 3.19. The van der Waals surface area contributed by atoms with Gasteiger partial charge in [0.2, 0.25) is 5.95 Å². The Morgan fingerprint density at radius 3 is 2.53 bits per heavy atom. The Hall–Kier alpha value is -3.62. The van der Waals surface area contributed by atoms with Crippen LogP contribution in [0.15, 0.2) is 35.3 Å². The van der Waals surface area contributed by atoms with Crippen molar-refractivity contribution in [3.63, 3.8) is 0 Å². The van der Waals surface area contributed by atoms with Crippen molar-refractivity contribution in [1.82, 2.24) is 19.9 Å². The fourth-order valence-corrected chi connectivity index (χ4v) is 4.48. The Kier molecular flexibility index (Phi) is 6.25. The number of aliphatic carboxylic acids is 1. The van der Waals surface area contributed by atoms with Crippen molar-refractivity contribution >= 4 is 28.9 Å². The maximum absolute atomic E-state index is 13.1. The Balaban J connectivity index is 1.46. The van der Waals surface area contributed by atoms with Gasteiger partial charge in [0, 0.05) is 17.8 Å². The van der Waals surface area contributed by atoms with Crippen LogP contribution < -0.4 is 11.3 Å². The molecule has 0 saturated heterocycles. The number of carboxylic acids is 1. The SMILES string of the molecule is Nc1nc2[nH]cc(CCc3ccc(C(=O)N(CC(=O)O)C4CCCCC4)cc3)c2c(=O)[nH]1. The van der Waals surface area contributed by atoms with Crippen molar-refractivity contribution in [3.8, 4) is 0 Å². The van der Waals surface area contributed by atoms with Gasteiger partial charge in [0.05, 0.1) is 5.39 Å². The first-order chi connectivity index (χ1) is 15.4. The number of nitrogens with one attached hydrogen (secondary N) is 2. The molecule has 168 valence electrons. The number of carbonyl (C=O) groups excluding carboxylic acids is 1. The summed E-state index contributed by atoms with van der Waals surface area (Å²) in [7, 11) is 0. The molecule has 0 radical (unpaired) electrons. The number of carbonyl (C=O) groups is 2. The van der Waals surface area contributed by atoms with Gasteiger partial charge in [-0.1, -0.05) is 31.4 Å². The van der Waals surface area contributed by atoms with Gasteiger partial charge in [-0.15, -0.1) is 0 Å². The number of benzene rings is 1. The number of anilines is 1. The number of aromatic nitrogens is 3. The second kappa shape index (κ2) is 9.25. The van der Waals surface area contributed by atoms with Crippen molar-refractivity contribution in [1.29, 1.82) is 0 Å². The van der Waals surface area contributed by atoms with Crippen molar-refractivity contribution < 1.29 is 14.7 Å². The highest BCUT2D eigenvalue weighted by Crippen LogP contribution is 2.24. The van der Waals surface area contributed by atoms with Crippen LogP contribution in [-0.2, 0) is 17.6 Å². The van der Waals surface area contributed by atoms with Gasteiger partial charge < -0.3 is 20.7 Å². The lowest BCUT2D eigenvalue weighted by atomic mass is 9.93. The molecule has 0 atom stereocenters. The maximum Gasteiger partial charge on any atom is 0.323 e. The van der Waals surface area contributed by atoms with E-state index in [-0.39, 0.29) is 30.0 Å². The molecule has 1 aliphatic carbocycles. The molecule has 1 fully saturated rings. The number of hydrogen-bond donors (Lipinski definition) is 4. The Morgan fingerprint density at radius 2 is 1.84 bits per heavy atom. The number of carboxylic acid groups (broad SMARTS) is 1. The van der Waals surface area contributed by atoms with Crippen LogP contribution in [0.4, 0.5) is 5.95 Å². The molecule has 5 N–H and O–H groups in total. The highest BCUT2D eigenvalue weighted by atomic mass is 16.4. The zero-order valence-corrected chi connectivity index (χ0v) is 17.8. The Morgan fingerprint density at radius 1 is 1.12 bits per heavy atom. The number of H-pyrrole nitrogens is 2. The third-order valence-electron chi connectivity index (χ3n) is 6.11. The summed E-state index contributed by atoms with van der Waals surface area (Å²) >= 11 is 0. The monoisotopic (exact) mass is 437 g/mol. The lowest BCUT2D eigenvalue weighted by Gasteiger charge is -2.33. The van der Waals surface area contributed by atoms with Gasteiger partial charge in [-0.3, -0.25) is 19.4 Å². The van der Waals surface area contributed by atoms with Crippen LogP contribution in [0.25, 0.3) is 11.0 Å². The molecule has 2 heterocycles. The molecule has 0 spiro atoms. The minimum Gasteiger partial charge on any atom is -0.480 e. The molecule has 3 aromatic rings. The summed E-state index contributed by atoms with van der Waals surface area (Å²) in [5, 5.41) is 9.80. The second-order valence-corrected chi connectivity index (χ2v) is 8.30. The molecule has 0 aliphatic heterocycles. The van der Waals surface area contributed by atoms with E-state index in [1.165, 1.54) is 4.90 Å². The van der Waals surface area contributed by atoms with Crippen LogP contribution in [0.3, 0.4) is 0 Å². The summed E-state index contributed by atoms with van der Waals surface area (Å²) in [6.45, 7) is -0.279. The molecule has 0 bridgehead atoms. The van der Waals surface area contributed by atoms with Crippen LogP contribution in [0.5, 0.6) is 0 Å². The van der Waals surface area contributed by atoms with Crippen LogP contribution in [0.1, 0.15) is 53.6 Å². The molecular formula is C23H27N5O4. The van der Waals surface area contributed by atoms with E-state index in [2.05, 4.69) is 15.0 Å². The highest BCUT2D eigenvalue weighted by Gasteiger charge is 2.28. The highest BCUT2D eigenvalue weighted by molar-refractivity contribution is 5.96. The van der Waals surface area contributed by atoms with E-state index < -0.39 is 5.97 Å². The molecule has 1 aliphatic rings. The molecule has 0 unspecified atom stereocenters. The van der Waals surface area contributed by atoms with Gasteiger partial charge in [0.1, 0.15) is 12.2 Å². The van der Waals surface area contributed by atoms with Crippen LogP contribution in [0, 0.1) is 0 Å². The third kappa shape index (κ3) is 4.66. The number of nitrogen functional groups attached to an aromatic ring is 1. The van der Waals surface area contributed by atoms with Crippen molar-refractivity contribution in [3.05, 3.63) is 57.5 Å². The zero-order chi connectivity index (χ0) is 22.7. The molecule has 1 aromatic carbocycles. The standard InChI is InChI=1S/C23H27N5O4/c24-23-26-20-19(21(31)27-23)16(12-25-20)11-8-14-6-9-15(10-7-14)22(32)28(13-18(29)30)17-4-2-1-3-5-17/h6-7,9-10,12,17H,1-5,8,11,13H2,(H,29,30)(H4,24,25,26,27,31). The second-order valence-electron chi connectivity index (χ2n) is 8.30. The lowest BCUT2D eigenvalue weighted by Crippen LogP contribution is -2.44. The minimum absolute atomic E-state index is 0.0189. The molecule has 32 heavy (non-hydrogen) atoms. The maximum atomic E-state index is 13.1. The van der Waals surface area contributed by atoms with Gasteiger partial charge in [-0.25, -0.2) is 0 Å². The van der Waals surface area contributed by atoms with E-state index in [4.69, 9.17) is 5.73 Å². The summed E-state index contributed by atoms with van der Waals surface area (Å²) in [5.74, 6) is -1.16. The quantitative estimate of drug-likeness (QED) is 0.447. The normalized spacial score (nSPS) is 14.5. The first-order valence-corrected chi connectivity index (χ1v) is 10.9. The van der Waals surface area contributed by atoms with Crippen LogP contribution >= 0.6 is 0 Å². The van der Waals surface area contributed by atoms with Gasteiger partial charge >= 0.3 is 5.97 Å². The molecule has 9 heteroatoms. The fourth-order valence-electron chi connectivity index (χ4n) is 4.48. The Bertz CT molecular complexity index is 1180. The van der Waals surface area contributed by atoms with Gasteiger partial charge in [-0.2, -0.15) is 4.98 Å². The number of nitrogens with two attached hydrogens (primary N) is 1. The number of rotatable bonds is 7. The van der Waals surface area contributed by atoms with Crippen LogP contribution in [0.2, 0.25) is 0 Å². The molecule has 9 nitrogen and oxygen atoms in total. The minimum atomic E-state index is -0.995. The first-order valence-electron chi connectivity index (χ1n) is 10.9. The van der Waals surface area contributed by atoms with E-state index in [0.29, 0.717) is 29.4 Å². The van der Waals surface area contributed by atoms with E-state index >= 15 is 0 Å². The molecule has 1 amide bonds. The van der Waals surface area contributed by atoms with E-state index in [0.717, 1.165) is 43.2 Å². The summed E-state index contributed by atoms with van der Waals surface area (Å²) in [6, 6.07) is 7.24. The largest absolute Gasteiger partial charge is 0.480 e. The fraction of sp³-hybridized carbons (Fsp3) is 0.391. The summed E-state index contributed by atoms with van der Waals surface area (Å²) in [4.78, 5) is 47.7. The number of fused-ring (bicyclic) bond motifs is 1. The molecular weight excluding hydrogens is 410 g/mol. The summed E-state index contributed by atoms with van der Waals surface area (Å²) in [6.07, 6.45) is 7.92. The number of nitrogens with zero attached hydrogens (tertiary/aromatic N) is 2. The van der Waals surface area contributed by atoms with Crippen molar-refractivity contribution in [2.75, 3.05) is 12.3 Å². The predicted molar refractivity (Wildman–Crippen MR) is 121 cm³/mol. The summed E-state index contributed by atoms with van der Waals surface area (Å²) in [5.41, 5.74) is 8.12.